The van der Waals surface area contributed by atoms with Crippen LogP contribution in [0.2, 0.25) is 0 Å². The summed E-state index contributed by atoms with van der Waals surface area (Å²) in [4.78, 5) is 30.5. The number of aryl methyl sites for hydroxylation is 1. The number of ketones is 1. The van der Waals surface area contributed by atoms with Gasteiger partial charge in [0.1, 0.15) is 6.61 Å². The van der Waals surface area contributed by atoms with Crippen molar-refractivity contribution in [3.63, 3.8) is 0 Å². The van der Waals surface area contributed by atoms with E-state index in [9.17, 15) is 14.7 Å². The lowest BCUT2D eigenvalue weighted by atomic mass is 9.82. The number of carboxylic acid groups (broad SMARTS) is 1. The fraction of sp³-hybridized carbons (Fsp3) is 0.222. The van der Waals surface area contributed by atoms with E-state index < -0.39 is 17.3 Å². The Morgan fingerprint density at radius 1 is 1.06 bits per heavy atom. The summed E-state index contributed by atoms with van der Waals surface area (Å²) in [5.41, 5.74) is 7.92. The van der Waals surface area contributed by atoms with Crippen LogP contribution in [-0.4, -0.2) is 45.5 Å². The maximum atomic E-state index is 13.7. The van der Waals surface area contributed by atoms with Gasteiger partial charge in [-0.05, 0) is 48.4 Å². The molecule has 4 aromatic rings. The molecule has 0 spiro atoms. The van der Waals surface area contributed by atoms with E-state index in [1.807, 2.05) is 73.8 Å². The van der Waals surface area contributed by atoms with Crippen LogP contribution in [0.4, 0.5) is 0 Å². The van der Waals surface area contributed by atoms with Gasteiger partial charge < -0.3 is 15.6 Å². The Hall–Kier alpha value is -3.20. The number of aromatic nitrogens is 1. The average molecular weight is 507 g/mol. The summed E-state index contributed by atoms with van der Waals surface area (Å²) < 4.78 is 6.90. The Kier molecular flexibility index (Phi) is 7.54. The van der Waals surface area contributed by atoms with Gasteiger partial charge in [-0.25, -0.2) is 9.78 Å². The third-order valence-electron chi connectivity index (χ3n) is 5.94. The van der Waals surface area contributed by atoms with Crippen molar-refractivity contribution in [3.05, 3.63) is 83.9 Å². The number of ether oxygens (including phenoxy) is 1. The maximum absolute atomic E-state index is 13.7. The van der Waals surface area contributed by atoms with E-state index in [0.717, 1.165) is 21.3 Å². The van der Waals surface area contributed by atoms with Crippen molar-refractivity contribution < 1.29 is 19.4 Å². The highest BCUT2D eigenvalue weighted by Gasteiger charge is 2.45. The molecule has 1 heterocycles. The molecule has 8 heteroatoms. The second-order valence-corrected chi connectivity index (χ2v) is 10.4. The molecule has 0 amide bonds. The van der Waals surface area contributed by atoms with Crippen LogP contribution in [0.3, 0.4) is 0 Å². The van der Waals surface area contributed by atoms with Crippen molar-refractivity contribution >= 4 is 45.1 Å². The Labute approximate surface area is 212 Å². The molecule has 4 rings (SSSR count). The predicted octanol–water partition coefficient (Wildman–Crippen LogP) is 5.44. The summed E-state index contributed by atoms with van der Waals surface area (Å²) in [5, 5.41) is 10.3. The van der Waals surface area contributed by atoms with Crippen molar-refractivity contribution in [2.24, 2.45) is 5.73 Å². The molecule has 0 saturated carbocycles. The Morgan fingerprint density at radius 3 is 2.40 bits per heavy atom. The molecule has 0 aliphatic rings. The number of thioether (sulfide) groups is 1. The number of hydrogen-bond acceptors (Lipinski definition) is 7. The molecule has 3 N–H and O–H groups in total. The zero-order valence-corrected chi connectivity index (χ0v) is 21.1. The SMILES string of the molecule is CSC(COc1nc2ccccc2s1)CC(N)(C(=O)O)C(=O)c1ccccc1-c1ccccc1C. The number of hydrogen-bond donors (Lipinski definition) is 2. The molecule has 35 heavy (non-hydrogen) atoms. The Morgan fingerprint density at radius 2 is 1.71 bits per heavy atom. The lowest BCUT2D eigenvalue weighted by molar-refractivity contribution is -0.141. The molecular formula is C27H26N2O4S2. The smallest absolute Gasteiger partial charge is 0.331 e. The van der Waals surface area contributed by atoms with Crippen LogP contribution in [0.25, 0.3) is 21.3 Å². The molecule has 0 aliphatic carbocycles. The third kappa shape index (κ3) is 5.24. The largest absolute Gasteiger partial charge is 0.480 e. The quantitative estimate of drug-likeness (QED) is 0.218. The van der Waals surface area contributed by atoms with Crippen LogP contribution >= 0.6 is 23.1 Å². The van der Waals surface area contributed by atoms with Crippen LogP contribution in [-0.2, 0) is 4.79 Å². The normalized spacial score (nSPS) is 13.8. The summed E-state index contributed by atoms with van der Waals surface area (Å²) in [5.74, 6) is -1.98. The third-order valence-corrected chi connectivity index (χ3v) is 7.86. The van der Waals surface area contributed by atoms with Crippen molar-refractivity contribution in [1.82, 2.24) is 4.98 Å². The molecule has 2 atom stereocenters. The predicted molar refractivity (Wildman–Crippen MR) is 143 cm³/mol. The number of carboxylic acids is 1. The number of carbonyl (C=O) groups excluding carboxylic acids is 1. The summed E-state index contributed by atoms with van der Waals surface area (Å²) in [6, 6.07) is 22.4. The molecule has 0 aliphatic heterocycles. The minimum absolute atomic E-state index is 0.0880. The van der Waals surface area contributed by atoms with E-state index in [-0.39, 0.29) is 18.3 Å². The molecule has 0 saturated heterocycles. The van der Waals surface area contributed by atoms with E-state index in [2.05, 4.69) is 4.98 Å². The van der Waals surface area contributed by atoms with E-state index >= 15 is 0 Å². The first-order chi connectivity index (χ1) is 16.8. The van der Waals surface area contributed by atoms with E-state index in [4.69, 9.17) is 10.5 Å². The van der Waals surface area contributed by atoms with Gasteiger partial charge in [-0.3, -0.25) is 4.79 Å². The highest BCUT2D eigenvalue weighted by atomic mass is 32.2. The highest BCUT2D eigenvalue weighted by molar-refractivity contribution is 7.99. The number of rotatable bonds is 10. The van der Waals surface area contributed by atoms with Crippen LogP contribution < -0.4 is 10.5 Å². The first-order valence-corrected chi connectivity index (χ1v) is 13.2. The number of aliphatic carboxylic acids is 1. The van der Waals surface area contributed by atoms with Gasteiger partial charge in [-0.15, -0.1) is 0 Å². The fourth-order valence-electron chi connectivity index (χ4n) is 3.95. The lowest BCUT2D eigenvalue weighted by Gasteiger charge is -2.28. The van der Waals surface area contributed by atoms with E-state index in [0.29, 0.717) is 16.3 Å². The topological polar surface area (TPSA) is 103 Å². The molecule has 1 aromatic heterocycles. The van der Waals surface area contributed by atoms with Crippen molar-refractivity contribution in [1.29, 1.82) is 0 Å². The standard InChI is InChI=1S/C27H26N2O4S2/c1-17-9-3-4-10-19(17)20-11-5-6-12-21(20)24(30)27(28,25(31)32)15-18(34-2)16-33-26-29-22-13-7-8-14-23(22)35-26/h3-14,18H,15-16,28H2,1-2H3,(H,31,32). The van der Waals surface area contributed by atoms with E-state index in [1.165, 1.54) is 23.1 Å². The number of nitrogens with two attached hydrogens (primary N) is 1. The molecule has 6 nitrogen and oxygen atoms in total. The van der Waals surface area contributed by atoms with E-state index in [1.54, 1.807) is 12.1 Å². The van der Waals surface area contributed by atoms with Gasteiger partial charge in [0.2, 0.25) is 0 Å². The number of fused-ring (bicyclic) bond motifs is 1. The van der Waals surface area contributed by atoms with Crippen LogP contribution in [0.1, 0.15) is 22.3 Å². The molecular weight excluding hydrogens is 480 g/mol. The number of benzene rings is 3. The molecule has 180 valence electrons. The second kappa shape index (κ2) is 10.6. The van der Waals surface area contributed by atoms with Crippen LogP contribution in [0.5, 0.6) is 5.19 Å². The minimum Gasteiger partial charge on any atom is -0.480 e. The number of thiazole rings is 1. The zero-order valence-electron chi connectivity index (χ0n) is 19.4. The van der Waals surface area contributed by atoms with Gasteiger partial charge in [0.15, 0.2) is 11.3 Å². The zero-order chi connectivity index (χ0) is 25.0. The first kappa shape index (κ1) is 24.9. The van der Waals surface area contributed by atoms with Crippen molar-refractivity contribution in [2.45, 2.75) is 24.1 Å². The fourth-order valence-corrected chi connectivity index (χ4v) is 5.41. The van der Waals surface area contributed by atoms with Gasteiger partial charge in [0.25, 0.3) is 5.19 Å². The summed E-state index contributed by atoms with van der Waals surface area (Å²) >= 11 is 2.83. The monoisotopic (exact) mass is 506 g/mol. The number of para-hydroxylation sites is 1. The molecule has 2 unspecified atom stereocenters. The van der Waals surface area contributed by atoms with Gasteiger partial charge in [-0.2, -0.15) is 11.8 Å². The molecule has 0 radical (unpaired) electrons. The summed E-state index contributed by atoms with van der Waals surface area (Å²) in [7, 11) is 0. The Bertz CT molecular complexity index is 1340. The van der Waals surface area contributed by atoms with Gasteiger partial charge in [-0.1, -0.05) is 72.0 Å². The first-order valence-electron chi connectivity index (χ1n) is 11.1. The number of carbonyl (C=O) groups is 2. The number of Topliss-reactive ketones (excluding diaryl/α,β-unsaturated/α-hetero) is 1. The second-order valence-electron chi connectivity index (χ2n) is 8.29. The lowest BCUT2D eigenvalue weighted by Crippen LogP contribution is -2.57. The van der Waals surface area contributed by atoms with Crippen LogP contribution in [0.15, 0.2) is 72.8 Å². The average Bonchev–Trinajstić information content (AvgIpc) is 3.29. The number of nitrogens with zero attached hydrogens (tertiary/aromatic N) is 1. The van der Waals surface area contributed by atoms with Crippen LogP contribution in [0, 0.1) is 6.92 Å². The summed E-state index contributed by atoms with van der Waals surface area (Å²) in [6.45, 7) is 2.13. The molecule has 0 fully saturated rings. The summed E-state index contributed by atoms with van der Waals surface area (Å²) in [6.07, 6.45) is 1.76. The van der Waals surface area contributed by atoms with Crippen molar-refractivity contribution in [3.8, 4) is 16.3 Å². The molecule has 3 aromatic carbocycles. The highest BCUT2D eigenvalue weighted by Crippen LogP contribution is 2.32. The van der Waals surface area contributed by atoms with Crippen molar-refractivity contribution in [2.75, 3.05) is 12.9 Å². The molecule has 0 bridgehead atoms. The minimum atomic E-state index is -2.11. The Balaban J connectivity index is 1.58. The van der Waals surface area contributed by atoms with Gasteiger partial charge in [0, 0.05) is 10.8 Å². The maximum Gasteiger partial charge on any atom is 0.331 e. The van der Waals surface area contributed by atoms with Gasteiger partial charge >= 0.3 is 5.97 Å². The van der Waals surface area contributed by atoms with Gasteiger partial charge in [0.05, 0.1) is 10.2 Å².